The molecule has 0 aliphatic heterocycles. The predicted octanol–water partition coefficient (Wildman–Crippen LogP) is 3.44. The van der Waals surface area contributed by atoms with Crippen LogP contribution in [0.5, 0.6) is 0 Å². The maximum Gasteiger partial charge on any atom is 0.261 e. The van der Waals surface area contributed by atoms with Crippen LogP contribution in [0.3, 0.4) is 0 Å². The minimum absolute atomic E-state index is 0.0577. The zero-order valence-corrected chi connectivity index (χ0v) is 16.2. The van der Waals surface area contributed by atoms with E-state index in [4.69, 9.17) is 5.14 Å². The number of sulfonamides is 2. The fourth-order valence-corrected chi connectivity index (χ4v) is 4.66. The first-order valence-corrected chi connectivity index (χ1v) is 11.3. The maximum atomic E-state index is 12.8. The molecule has 28 heavy (non-hydrogen) atoms. The number of fused-ring (bicyclic) bond motifs is 2. The van der Waals surface area contributed by atoms with E-state index in [9.17, 15) is 16.8 Å². The zero-order valence-electron chi connectivity index (χ0n) is 14.5. The van der Waals surface area contributed by atoms with Crippen molar-refractivity contribution in [2.75, 3.05) is 4.72 Å². The number of nitrogens with two attached hydrogens (primary N) is 1. The molecule has 0 amide bonds. The lowest BCUT2D eigenvalue weighted by Crippen LogP contribution is -2.15. The molecule has 0 spiro atoms. The Hall–Kier alpha value is -2.94. The van der Waals surface area contributed by atoms with Crippen LogP contribution in [0.15, 0.2) is 88.7 Å². The Morgan fingerprint density at radius 1 is 0.643 bits per heavy atom. The van der Waals surface area contributed by atoms with Crippen molar-refractivity contribution >= 4 is 47.3 Å². The van der Waals surface area contributed by atoms with Crippen molar-refractivity contribution in [3.05, 3.63) is 78.9 Å². The summed E-state index contributed by atoms with van der Waals surface area (Å²) in [4.78, 5) is -0.208. The third-order valence-electron chi connectivity index (χ3n) is 4.45. The summed E-state index contributed by atoms with van der Waals surface area (Å²) >= 11 is 0. The number of hydrogen-bond donors (Lipinski definition) is 2. The second-order valence-electron chi connectivity index (χ2n) is 6.35. The van der Waals surface area contributed by atoms with E-state index < -0.39 is 20.0 Å². The Morgan fingerprint density at radius 2 is 1.21 bits per heavy atom. The number of benzene rings is 4. The van der Waals surface area contributed by atoms with Gasteiger partial charge in [0, 0.05) is 5.39 Å². The van der Waals surface area contributed by atoms with Crippen molar-refractivity contribution in [2.45, 2.75) is 9.79 Å². The van der Waals surface area contributed by atoms with Crippen LogP contribution >= 0.6 is 0 Å². The van der Waals surface area contributed by atoms with Gasteiger partial charge < -0.3 is 0 Å². The lowest BCUT2D eigenvalue weighted by Gasteiger charge is -2.12. The molecule has 142 valence electrons. The second kappa shape index (κ2) is 6.59. The molecular weight excluding hydrogens is 396 g/mol. The third-order valence-corrected chi connectivity index (χ3v) is 6.76. The topological polar surface area (TPSA) is 106 Å². The number of primary sulfonamides is 1. The summed E-state index contributed by atoms with van der Waals surface area (Å²) in [6.07, 6.45) is 0. The smallest absolute Gasteiger partial charge is 0.261 e. The minimum Gasteiger partial charge on any atom is -0.279 e. The van der Waals surface area contributed by atoms with Gasteiger partial charge in [-0.1, -0.05) is 36.4 Å². The fraction of sp³-hybridized carbons (Fsp3) is 0. The standard InChI is InChI=1S/C20H16N2O4S2/c21-27(23,24)17-8-10-18(11-9-17)28(25,26)22-20-7-3-6-16-12-14-4-1-2-5-15(14)13-19(16)20/h1-13,22H,(H2,21,23,24). The molecule has 0 atom stereocenters. The fourth-order valence-electron chi connectivity index (χ4n) is 3.07. The van der Waals surface area contributed by atoms with E-state index in [1.165, 1.54) is 24.3 Å². The van der Waals surface area contributed by atoms with Crippen LogP contribution in [-0.4, -0.2) is 16.8 Å². The number of nitrogens with one attached hydrogen (secondary N) is 1. The van der Waals surface area contributed by atoms with E-state index >= 15 is 0 Å². The Bertz CT molecular complexity index is 1410. The van der Waals surface area contributed by atoms with Crippen LogP contribution < -0.4 is 9.86 Å². The number of rotatable bonds is 4. The van der Waals surface area contributed by atoms with Gasteiger partial charge in [-0.05, 0) is 58.6 Å². The summed E-state index contributed by atoms with van der Waals surface area (Å²) < 4.78 is 50.9. The van der Waals surface area contributed by atoms with Gasteiger partial charge in [0.15, 0.2) is 0 Å². The molecule has 0 aliphatic rings. The summed E-state index contributed by atoms with van der Waals surface area (Å²) in [6, 6.07) is 21.9. The molecule has 0 aromatic heterocycles. The average molecular weight is 412 g/mol. The molecule has 4 rings (SSSR count). The Balaban J connectivity index is 1.77. The molecule has 0 heterocycles. The average Bonchev–Trinajstić information content (AvgIpc) is 2.66. The molecule has 8 heteroatoms. The van der Waals surface area contributed by atoms with Crippen molar-refractivity contribution in [1.29, 1.82) is 0 Å². The molecule has 0 radical (unpaired) electrons. The van der Waals surface area contributed by atoms with Crippen LogP contribution in [0, 0.1) is 0 Å². The summed E-state index contributed by atoms with van der Waals surface area (Å²) in [5, 5.41) is 8.79. The van der Waals surface area contributed by atoms with E-state index in [2.05, 4.69) is 4.72 Å². The maximum absolute atomic E-state index is 12.8. The molecule has 0 aliphatic carbocycles. The highest BCUT2D eigenvalue weighted by molar-refractivity contribution is 7.92. The Labute approximate surface area is 162 Å². The van der Waals surface area contributed by atoms with E-state index in [1.54, 1.807) is 12.1 Å². The molecule has 0 saturated heterocycles. The summed E-state index contributed by atoms with van der Waals surface area (Å²) in [5.74, 6) is 0. The molecule has 3 N–H and O–H groups in total. The van der Waals surface area contributed by atoms with Gasteiger partial charge in [-0.15, -0.1) is 0 Å². The molecule has 0 unspecified atom stereocenters. The van der Waals surface area contributed by atoms with E-state index in [0.29, 0.717) is 5.69 Å². The van der Waals surface area contributed by atoms with E-state index in [0.717, 1.165) is 21.5 Å². The quantitative estimate of drug-likeness (QED) is 0.501. The zero-order chi connectivity index (χ0) is 19.9. The molecule has 4 aromatic rings. The molecule has 0 bridgehead atoms. The first-order valence-electron chi connectivity index (χ1n) is 8.31. The van der Waals surface area contributed by atoms with E-state index in [1.807, 2.05) is 42.5 Å². The summed E-state index contributed by atoms with van der Waals surface area (Å²) in [7, 11) is -7.79. The molecule has 4 aromatic carbocycles. The summed E-state index contributed by atoms with van der Waals surface area (Å²) in [6.45, 7) is 0. The second-order valence-corrected chi connectivity index (χ2v) is 9.59. The Morgan fingerprint density at radius 3 is 1.86 bits per heavy atom. The largest absolute Gasteiger partial charge is 0.279 e. The first-order chi connectivity index (χ1) is 13.2. The predicted molar refractivity (Wildman–Crippen MR) is 110 cm³/mol. The van der Waals surface area contributed by atoms with Crippen LogP contribution in [-0.2, 0) is 20.0 Å². The summed E-state index contributed by atoms with van der Waals surface area (Å²) in [5.41, 5.74) is 0.443. The highest BCUT2D eigenvalue weighted by Crippen LogP contribution is 2.30. The van der Waals surface area contributed by atoms with Crippen molar-refractivity contribution in [2.24, 2.45) is 5.14 Å². The van der Waals surface area contributed by atoms with Crippen LogP contribution in [0.1, 0.15) is 0 Å². The highest BCUT2D eigenvalue weighted by atomic mass is 32.2. The van der Waals surface area contributed by atoms with Crippen molar-refractivity contribution in [1.82, 2.24) is 0 Å². The van der Waals surface area contributed by atoms with Gasteiger partial charge in [-0.25, -0.2) is 22.0 Å². The third kappa shape index (κ3) is 3.45. The SMILES string of the molecule is NS(=O)(=O)c1ccc(S(=O)(=O)Nc2cccc3cc4ccccc4cc23)cc1. The van der Waals surface area contributed by atoms with Gasteiger partial charge in [0.2, 0.25) is 10.0 Å². The van der Waals surface area contributed by atoms with Crippen molar-refractivity contribution in [3.8, 4) is 0 Å². The van der Waals surface area contributed by atoms with Gasteiger partial charge in [0.05, 0.1) is 15.5 Å². The molecular formula is C20H16N2O4S2. The number of hydrogen-bond acceptors (Lipinski definition) is 4. The highest BCUT2D eigenvalue weighted by Gasteiger charge is 2.17. The van der Waals surface area contributed by atoms with Crippen LogP contribution in [0.25, 0.3) is 21.5 Å². The van der Waals surface area contributed by atoms with Gasteiger partial charge in [0.1, 0.15) is 0 Å². The number of anilines is 1. The lowest BCUT2D eigenvalue weighted by molar-refractivity contribution is 0.595. The first kappa shape index (κ1) is 18.4. The van der Waals surface area contributed by atoms with Crippen molar-refractivity contribution < 1.29 is 16.8 Å². The Kier molecular flexibility index (Phi) is 4.34. The van der Waals surface area contributed by atoms with Crippen LogP contribution in [0.2, 0.25) is 0 Å². The molecule has 0 saturated carbocycles. The van der Waals surface area contributed by atoms with Gasteiger partial charge in [0.25, 0.3) is 10.0 Å². The molecule has 0 fully saturated rings. The van der Waals surface area contributed by atoms with Gasteiger partial charge >= 0.3 is 0 Å². The van der Waals surface area contributed by atoms with Crippen LogP contribution in [0.4, 0.5) is 5.69 Å². The van der Waals surface area contributed by atoms with Gasteiger partial charge in [-0.3, -0.25) is 4.72 Å². The van der Waals surface area contributed by atoms with E-state index in [-0.39, 0.29) is 9.79 Å². The molecule has 6 nitrogen and oxygen atoms in total. The normalized spacial score (nSPS) is 12.3. The lowest BCUT2D eigenvalue weighted by atomic mass is 10.0. The monoisotopic (exact) mass is 412 g/mol. The van der Waals surface area contributed by atoms with Gasteiger partial charge in [-0.2, -0.15) is 0 Å². The minimum atomic E-state index is -3.91. The van der Waals surface area contributed by atoms with Crippen molar-refractivity contribution in [3.63, 3.8) is 0 Å².